The number of nitrogens with zero attached hydrogens (tertiary/aromatic N) is 2. The van der Waals surface area contributed by atoms with Crippen LogP contribution in [0.4, 0.5) is 4.79 Å². The fourth-order valence-corrected chi connectivity index (χ4v) is 4.57. The van der Waals surface area contributed by atoms with Gasteiger partial charge in [0.2, 0.25) is 5.91 Å². The summed E-state index contributed by atoms with van der Waals surface area (Å²) in [4.78, 5) is 41.0. The summed E-state index contributed by atoms with van der Waals surface area (Å²) in [6, 6.07) is 14.3. The molecular weight excluding hydrogens is 378 g/mol. The van der Waals surface area contributed by atoms with Crippen LogP contribution in [-0.2, 0) is 11.3 Å². The van der Waals surface area contributed by atoms with Crippen molar-refractivity contribution in [3.05, 3.63) is 59.7 Å². The average Bonchev–Trinajstić information content (AvgIpc) is 2.98. The lowest BCUT2D eigenvalue weighted by Gasteiger charge is -2.29. The summed E-state index contributed by atoms with van der Waals surface area (Å²) in [6.45, 7) is 2.10. The van der Waals surface area contributed by atoms with Gasteiger partial charge in [-0.1, -0.05) is 55.7 Å². The zero-order chi connectivity index (χ0) is 21.3. The summed E-state index contributed by atoms with van der Waals surface area (Å²) in [5, 5.41) is 0. The van der Waals surface area contributed by atoms with Crippen LogP contribution in [0.1, 0.15) is 54.9 Å². The third-order valence-corrected chi connectivity index (χ3v) is 6.24. The largest absolute Gasteiger partial charge is 0.366 e. The molecule has 1 saturated carbocycles. The molecule has 156 valence electrons. The summed E-state index contributed by atoms with van der Waals surface area (Å²) in [5.74, 6) is -0.603. The van der Waals surface area contributed by atoms with Crippen molar-refractivity contribution in [1.82, 2.24) is 9.80 Å². The molecule has 1 atom stereocenters. The van der Waals surface area contributed by atoms with E-state index in [1.165, 1.54) is 11.3 Å². The van der Waals surface area contributed by atoms with Crippen molar-refractivity contribution in [2.24, 2.45) is 5.73 Å². The number of primary amides is 1. The van der Waals surface area contributed by atoms with Gasteiger partial charge in [-0.25, -0.2) is 4.79 Å². The molecule has 4 rings (SSSR count). The van der Waals surface area contributed by atoms with Gasteiger partial charge in [0.1, 0.15) is 6.04 Å². The van der Waals surface area contributed by atoms with E-state index >= 15 is 0 Å². The number of amides is 4. The van der Waals surface area contributed by atoms with E-state index in [-0.39, 0.29) is 18.0 Å². The lowest BCUT2D eigenvalue weighted by Crippen LogP contribution is -2.42. The van der Waals surface area contributed by atoms with Crippen molar-refractivity contribution in [2.45, 2.75) is 57.7 Å². The Kier molecular flexibility index (Phi) is 5.57. The molecule has 2 fully saturated rings. The highest BCUT2D eigenvalue weighted by Gasteiger charge is 2.45. The standard InChI is InChI=1S/C24H27N3O3/c1-16-23(29)27(19-10-6-3-7-11-19)24(30)26(16)15-17-12-13-20(22(25)28)21(14-17)18-8-4-2-5-9-18/h2,4-5,8-9,12-14,16,19H,3,6-7,10-11,15H2,1H3,(H2,25,28). The van der Waals surface area contributed by atoms with Crippen molar-refractivity contribution in [3.8, 4) is 11.1 Å². The highest BCUT2D eigenvalue weighted by molar-refractivity contribution is 6.04. The van der Waals surface area contributed by atoms with Crippen LogP contribution in [0, 0.1) is 0 Å². The second-order valence-electron chi connectivity index (χ2n) is 8.20. The molecule has 2 N–H and O–H groups in total. The molecule has 1 heterocycles. The van der Waals surface area contributed by atoms with Gasteiger partial charge in [0.15, 0.2) is 0 Å². The number of carbonyl (C=O) groups is 3. The monoisotopic (exact) mass is 405 g/mol. The molecular formula is C24H27N3O3. The molecule has 2 aliphatic rings. The van der Waals surface area contributed by atoms with Crippen LogP contribution >= 0.6 is 0 Å². The number of hydrogen-bond donors (Lipinski definition) is 1. The first kappa shape index (κ1) is 20.1. The van der Waals surface area contributed by atoms with E-state index in [1.54, 1.807) is 24.0 Å². The molecule has 30 heavy (non-hydrogen) atoms. The van der Waals surface area contributed by atoms with Crippen LogP contribution < -0.4 is 5.73 Å². The maximum absolute atomic E-state index is 13.1. The summed E-state index contributed by atoms with van der Waals surface area (Å²) < 4.78 is 0. The Morgan fingerprint density at radius 1 is 1.03 bits per heavy atom. The number of imide groups is 1. The third-order valence-electron chi connectivity index (χ3n) is 6.24. The third kappa shape index (κ3) is 3.70. The first-order valence-electron chi connectivity index (χ1n) is 10.6. The van der Waals surface area contributed by atoms with Crippen LogP contribution in [0.3, 0.4) is 0 Å². The summed E-state index contributed by atoms with van der Waals surface area (Å²) in [7, 11) is 0. The lowest BCUT2D eigenvalue weighted by molar-refractivity contribution is -0.129. The van der Waals surface area contributed by atoms with Gasteiger partial charge in [-0.2, -0.15) is 0 Å². The van der Waals surface area contributed by atoms with Gasteiger partial charge >= 0.3 is 6.03 Å². The van der Waals surface area contributed by atoms with Crippen LogP contribution in [0.2, 0.25) is 0 Å². The Bertz CT molecular complexity index is 967. The van der Waals surface area contributed by atoms with Crippen molar-refractivity contribution in [1.29, 1.82) is 0 Å². The average molecular weight is 405 g/mol. The minimum absolute atomic E-state index is 0.0170. The summed E-state index contributed by atoms with van der Waals surface area (Å²) in [5.41, 5.74) is 8.48. The smallest absolute Gasteiger partial charge is 0.328 e. The maximum atomic E-state index is 13.1. The van der Waals surface area contributed by atoms with Crippen molar-refractivity contribution in [3.63, 3.8) is 0 Å². The van der Waals surface area contributed by atoms with Gasteiger partial charge in [-0.05, 0) is 48.6 Å². The van der Waals surface area contributed by atoms with Gasteiger partial charge in [0.05, 0.1) is 0 Å². The Morgan fingerprint density at radius 2 is 1.73 bits per heavy atom. The zero-order valence-corrected chi connectivity index (χ0v) is 17.2. The molecule has 0 bridgehead atoms. The van der Waals surface area contributed by atoms with Gasteiger partial charge in [-0.3, -0.25) is 14.5 Å². The Labute approximate surface area is 176 Å². The number of carbonyl (C=O) groups excluding carboxylic acids is 3. The van der Waals surface area contributed by atoms with Crippen LogP contribution in [0.15, 0.2) is 48.5 Å². The fourth-order valence-electron chi connectivity index (χ4n) is 4.57. The van der Waals surface area contributed by atoms with Crippen LogP contribution in [0.5, 0.6) is 0 Å². The summed E-state index contributed by atoms with van der Waals surface area (Å²) in [6.07, 6.45) is 5.07. The van der Waals surface area contributed by atoms with E-state index in [0.717, 1.165) is 42.4 Å². The van der Waals surface area contributed by atoms with Gasteiger partial charge in [-0.15, -0.1) is 0 Å². The maximum Gasteiger partial charge on any atom is 0.328 e. The number of rotatable bonds is 5. The van der Waals surface area contributed by atoms with Crippen molar-refractivity contribution in [2.75, 3.05) is 0 Å². The molecule has 1 aliphatic heterocycles. The van der Waals surface area contributed by atoms with E-state index in [9.17, 15) is 14.4 Å². The molecule has 0 aromatic heterocycles. The molecule has 1 unspecified atom stereocenters. The number of benzene rings is 2. The first-order chi connectivity index (χ1) is 14.5. The second kappa shape index (κ2) is 8.30. The molecule has 1 aliphatic carbocycles. The Hall–Kier alpha value is -3.15. The topological polar surface area (TPSA) is 83.7 Å². The van der Waals surface area contributed by atoms with E-state index in [1.807, 2.05) is 36.4 Å². The Balaban J connectivity index is 1.61. The highest BCUT2D eigenvalue weighted by Crippen LogP contribution is 2.31. The number of hydrogen-bond acceptors (Lipinski definition) is 3. The van der Waals surface area contributed by atoms with E-state index in [4.69, 9.17) is 5.73 Å². The molecule has 1 saturated heterocycles. The minimum Gasteiger partial charge on any atom is -0.366 e. The fraction of sp³-hybridized carbons (Fsp3) is 0.375. The molecule has 0 radical (unpaired) electrons. The highest BCUT2D eigenvalue weighted by atomic mass is 16.2. The van der Waals surface area contributed by atoms with E-state index in [0.29, 0.717) is 12.1 Å². The van der Waals surface area contributed by atoms with Gasteiger partial charge in [0, 0.05) is 18.2 Å². The van der Waals surface area contributed by atoms with Crippen LogP contribution in [0.25, 0.3) is 11.1 Å². The molecule has 0 spiro atoms. The van der Waals surface area contributed by atoms with Crippen LogP contribution in [-0.4, -0.2) is 39.7 Å². The Morgan fingerprint density at radius 3 is 2.40 bits per heavy atom. The molecule has 2 aromatic rings. The van der Waals surface area contributed by atoms with E-state index in [2.05, 4.69) is 0 Å². The summed E-state index contributed by atoms with van der Waals surface area (Å²) >= 11 is 0. The predicted octanol–water partition coefficient (Wildman–Crippen LogP) is 3.94. The van der Waals surface area contributed by atoms with Crippen molar-refractivity contribution < 1.29 is 14.4 Å². The quantitative estimate of drug-likeness (QED) is 0.765. The number of urea groups is 1. The molecule has 2 aromatic carbocycles. The van der Waals surface area contributed by atoms with Crippen molar-refractivity contribution >= 4 is 17.8 Å². The first-order valence-corrected chi connectivity index (χ1v) is 10.6. The second-order valence-corrected chi connectivity index (χ2v) is 8.20. The lowest BCUT2D eigenvalue weighted by atomic mass is 9.94. The minimum atomic E-state index is -0.496. The normalized spacial score (nSPS) is 20.1. The SMILES string of the molecule is CC1C(=O)N(C2CCCCC2)C(=O)N1Cc1ccc(C(N)=O)c(-c2ccccc2)c1. The zero-order valence-electron chi connectivity index (χ0n) is 17.2. The predicted molar refractivity (Wildman–Crippen MR) is 115 cm³/mol. The molecule has 6 heteroatoms. The molecule has 6 nitrogen and oxygen atoms in total. The van der Waals surface area contributed by atoms with Gasteiger partial charge in [0.25, 0.3) is 5.91 Å². The molecule has 4 amide bonds. The van der Waals surface area contributed by atoms with Gasteiger partial charge < -0.3 is 10.6 Å². The number of nitrogens with two attached hydrogens (primary N) is 1. The van der Waals surface area contributed by atoms with E-state index < -0.39 is 11.9 Å².